The maximum absolute atomic E-state index is 11.9. The summed E-state index contributed by atoms with van der Waals surface area (Å²) < 4.78 is 1.84. The van der Waals surface area contributed by atoms with Gasteiger partial charge < -0.3 is 5.32 Å². The van der Waals surface area contributed by atoms with Gasteiger partial charge in [-0.1, -0.05) is 24.3 Å². The number of carbonyl (C=O) groups excluding carboxylic acids is 1. The monoisotopic (exact) mass is 248 g/mol. The van der Waals surface area contributed by atoms with Gasteiger partial charge in [0, 0.05) is 6.42 Å². The second-order valence-corrected chi connectivity index (χ2v) is 4.77. The van der Waals surface area contributed by atoms with Gasteiger partial charge in [0.15, 0.2) is 5.78 Å². The molecular weight excluding hydrogens is 228 g/mol. The van der Waals surface area contributed by atoms with E-state index in [1.165, 1.54) is 0 Å². The molecule has 5 nitrogen and oxygen atoms in total. The van der Waals surface area contributed by atoms with Crippen LogP contribution < -0.4 is 5.32 Å². The number of rotatable bonds is 5. The summed E-state index contributed by atoms with van der Waals surface area (Å²) in [5.74, 6) is 0.0158. The van der Waals surface area contributed by atoms with Crippen LogP contribution in [-0.4, -0.2) is 33.9 Å². The van der Waals surface area contributed by atoms with Crippen molar-refractivity contribution in [2.45, 2.75) is 38.6 Å². The highest BCUT2D eigenvalue weighted by molar-refractivity contribution is 5.95. The fourth-order valence-corrected chi connectivity index (χ4v) is 2.10. The number of piperidine rings is 1. The van der Waals surface area contributed by atoms with E-state index in [9.17, 15) is 4.79 Å². The highest BCUT2D eigenvalue weighted by Gasteiger charge is 2.18. The van der Waals surface area contributed by atoms with Crippen LogP contribution in [0.1, 0.15) is 49.1 Å². The van der Waals surface area contributed by atoms with Crippen molar-refractivity contribution in [1.29, 1.82) is 0 Å². The van der Waals surface area contributed by atoms with E-state index in [0.717, 1.165) is 37.9 Å². The molecule has 18 heavy (non-hydrogen) atoms. The highest BCUT2D eigenvalue weighted by atomic mass is 16.1. The summed E-state index contributed by atoms with van der Waals surface area (Å²) >= 11 is 0. The topological polar surface area (TPSA) is 59.8 Å². The number of allylic oxidation sites excluding steroid dienone is 1. The summed E-state index contributed by atoms with van der Waals surface area (Å²) in [5.41, 5.74) is 1.40. The van der Waals surface area contributed by atoms with Gasteiger partial charge in [-0.25, -0.2) is 4.68 Å². The number of nitrogens with one attached hydrogen (secondary N) is 1. The quantitative estimate of drug-likeness (QED) is 0.637. The molecule has 1 aliphatic rings. The average Bonchev–Trinajstić information content (AvgIpc) is 2.89. The summed E-state index contributed by atoms with van der Waals surface area (Å²) in [5, 5.41) is 11.4. The maximum Gasteiger partial charge on any atom is 0.188 e. The molecule has 0 radical (unpaired) electrons. The summed E-state index contributed by atoms with van der Waals surface area (Å²) in [6.07, 6.45) is 5.06. The second-order valence-electron chi connectivity index (χ2n) is 4.77. The zero-order chi connectivity index (χ0) is 13.0. The van der Waals surface area contributed by atoms with Crippen LogP contribution in [0.5, 0.6) is 0 Å². The Hall–Kier alpha value is -1.49. The maximum atomic E-state index is 11.9. The first-order valence-electron chi connectivity index (χ1n) is 6.53. The largest absolute Gasteiger partial charge is 0.317 e. The molecule has 0 aromatic carbocycles. The SMILES string of the molecule is C=C(CC)CC(=O)c1cn(C2CCNCC2)nn1. The molecule has 2 rings (SSSR count). The van der Waals surface area contributed by atoms with Crippen molar-refractivity contribution in [1.82, 2.24) is 20.3 Å². The minimum Gasteiger partial charge on any atom is -0.317 e. The smallest absolute Gasteiger partial charge is 0.188 e. The van der Waals surface area contributed by atoms with Crippen LogP contribution in [0.15, 0.2) is 18.3 Å². The van der Waals surface area contributed by atoms with Gasteiger partial charge in [0.25, 0.3) is 0 Å². The lowest BCUT2D eigenvalue weighted by Crippen LogP contribution is -2.29. The summed E-state index contributed by atoms with van der Waals surface area (Å²) in [4.78, 5) is 11.9. The molecule has 1 aliphatic heterocycles. The van der Waals surface area contributed by atoms with Gasteiger partial charge in [0.2, 0.25) is 0 Å². The molecule has 1 N–H and O–H groups in total. The lowest BCUT2D eigenvalue weighted by atomic mass is 10.1. The van der Waals surface area contributed by atoms with Crippen molar-refractivity contribution in [3.8, 4) is 0 Å². The van der Waals surface area contributed by atoms with Gasteiger partial charge >= 0.3 is 0 Å². The highest BCUT2D eigenvalue weighted by Crippen LogP contribution is 2.18. The van der Waals surface area contributed by atoms with Gasteiger partial charge in [0.05, 0.1) is 12.2 Å². The molecule has 5 heteroatoms. The second kappa shape index (κ2) is 5.91. The normalized spacial score (nSPS) is 16.7. The molecule has 1 fully saturated rings. The number of aromatic nitrogens is 3. The number of Topliss-reactive ketones (excluding diaryl/α,β-unsaturated/α-hetero) is 1. The van der Waals surface area contributed by atoms with Crippen molar-refractivity contribution in [3.05, 3.63) is 24.0 Å². The minimum absolute atomic E-state index is 0.0158. The molecule has 0 saturated carbocycles. The van der Waals surface area contributed by atoms with Crippen LogP contribution in [0, 0.1) is 0 Å². The molecule has 98 valence electrons. The van der Waals surface area contributed by atoms with Crippen molar-refractivity contribution in [2.24, 2.45) is 0 Å². The summed E-state index contributed by atoms with van der Waals surface area (Å²) in [7, 11) is 0. The number of nitrogens with zero attached hydrogens (tertiary/aromatic N) is 3. The Morgan fingerprint density at radius 2 is 2.28 bits per heavy atom. The van der Waals surface area contributed by atoms with Crippen molar-refractivity contribution in [2.75, 3.05) is 13.1 Å². The van der Waals surface area contributed by atoms with E-state index in [1.54, 1.807) is 6.20 Å². The number of ketones is 1. The Balaban J connectivity index is 2.00. The summed E-state index contributed by atoms with van der Waals surface area (Å²) in [6, 6.07) is 0.370. The third kappa shape index (κ3) is 3.04. The molecule has 1 aromatic rings. The first kappa shape index (κ1) is 13.0. The van der Waals surface area contributed by atoms with E-state index in [2.05, 4.69) is 22.2 Å². The Kier molecular flexibility index (Phi) is 4.25. The van der Waals surface area contributed by atoms with E-state index in [-0.39, 0.29) is 5.78 Å². The molecule has 0 aliphatic carbocycles. The average molecular weight is 248 g/mol. The Bertz CT molecular complexity index is 432. The zero-order valence-corrected chi connectivity index (χ0v) is 10.9. The Morgan fingerprint density at radius 1 is 1.56 bits per heavy atom. The fourth-order valence-electron chi connectivity index (χ4n) is 2.10. The lowest BCUT2D eigenvalue weighted by molar-refractivity contribution is 0.0987. The predicted octanol–water partition coefficient (Wildman–Crippen LogP) is 1.74. The van der Waals surface area contributed by atoms with Gasteiger partial charge in [-0.15, -0.1) is 5.10 Å². The standard InChI is InChI=1S/C13H20N4O/c1-3-10(2)8-13(18)12-9-17(16-15-12)11-4-6-14-7-5-11/h9,11,14H,2-8H2,1H3. The number of hydrogen-bond donors (Lipinski definition) is 1. The number of hydrogen-bond acceptors (Lipinski definition) is 4. The van der Waals surface area contributed by atoms with Crippen LogP contribution in [0.25, 0.3) is 0 Å². The van der Waals surface area contributed by atoms with Crippen LogP contribution in [-0.2, 0) is 0 Å². The van der Waals surface area contributed by atoms with Crippen LogP contribution in [0.3, 0.4) is 0 Å². The number of carbonyl (C=O) groups is 1. The lowest BCUT2D eigenvalue weighted by Gasteiger charge is -2.22. The van der Waals surface area contributed by atoms with Crippen LogP contribution in [0.2, 0.25) is 0 Å². The van der Waals surface area contributed by atoms with Gasteiger partial charge in [0.1, 0.15) is 5.69 Å². The van der Waals surface area contributed by atoms with E-state index in [4.69, 9.17) is 0 Å². The third-order valence-corrected chi connectivity index (χ3v) is 3.39. The van der Waals surface area contributed by atoms with E-state index >= 15 is 0 Å². The van der Waals surface area contributed by atoms with Gasteiger partial charge in [-0.05, 0) is 32.4 Å². The molecule has 2 heterocycles. The van der Waals surface area contributed by atoms with E-state index in [0.29, 0.717) is 18.2 Å². The molecule has 0 unspecified atom stereocenters. The zero-order valence-electron chi connectivity index (χ0n) is 10.9. The van der Waals surface area contributed by atoms with Crippen LogP contribution in [0.4, 0.5) is 0 Å². The van der Waals surface area contributed by atoms with Gasteiger partial charge in [-0.2, -0.15) is 0 Å². The van der Waals surface area contributed by atoms with E-state index < -0.39 is 0 Å². The molecule has 0 bridgehead atoms. The molecule has 1 saturated heterocycles. The Labute approximate surface area is 107 Å². The predicted molar refractivity (Wildman–Crippen MR) is 69.5 cm³/mol. The van der Waals surface area contributed by atoms with Crippen molar-refractivity contribution in [3.63, 3.8) is 0 Å². The van der Waals surface area contributed by atoms with Crippen molar-refractivity contribution < 1.29 is 4.79 Å². The molecule has 0 atom stereocenters. The third-order valence-electron chi connectivity index (χ3n) is 3.39. The molecule has 1 aromatic heterocycles. The van der Waals surface area contributed by atoms with Crippen molar-refractivity contribution >= 4 is 5.78 Å². The first-order valence-corrected chi connectivity index (χ1v) is 6.53. The van der Waals surface area contributed by atoms with Gasteiger partial charge in [-0.3, -0.25) is 4.79 Å². The molecular formula is C13H20N4O. The van der Waals surface area contributed by atoms with E-state index in [1.807, 2.05) is 11.6 Å². The summed E-state index contributed by atoms with van der Waals surface area (Å²) in [6.45, 7) is 7.85. The molecule has 0 amide bonds. The fraction of sp³-hybridized carbons (Fsp3) is 0.615. The molecule has 0 spiro atoms. The Morgan fingerprint density at radius 3 is 2.94 bits per heavy atom. The minimum atomic E-state index is 0.0158. The van der Waals surface area contributed by atoms with Crippen LogP contribution >= 0.6 is 0 Å². The first-order chi connectivity index (χ1) is 8.70.